The third kappa shape index (κ3) is 3.99. The highest BCUT2D eigenvalue weighted by atomic mass is 79.9. The molecule has 98 valence electrons. The average Bonchev–Trinajstić information content (AvgIpc) is 2.88. The molecule has 18 heavy (non-hydrogen) atoms. The Morgan fingerprint density at radius 1 is 1.44 bits per heavy atom. The van der Waals surface area contributed by atoms with Gasteiger partial charge < -0.3 is 15.4 Å². The molecule has 1 aliphatic rings. The van der Waals surface area contributed by atoms with Crippen LogP contribution in [0, 0.1) is 0 Å². The third-order valence-electron chi connectivity index (χ3n) is 2.86. The van der Waals surface area contributed by atoms with Gasteiger partial charge >= 0.3 is 0 Å². The smallest absolute Gasteiger partial charge is 0.239 e. The molecule has 2 rings (SSSR count). The number of benzene rings is 1. The fourth-order valence-corrected chi connectivity index (χ4v) is 2.30. The summed E-state index contributed by atoms with van der Waals surface area (Å²) in [5.74, 6) is -0.0127. The maximum Gasteiger partial charge on any atom is 0.239 e. The van der Waals surface area contributed by atoms with Crippen LogP contribution >= 0.6 is 15.9 Å². The minimum Gasteiger partial charge on any atom is -0.376 e. The van der Waals surface area contributed by atoms with Gasteiger partial charge in [-0.3, -0.25) is 4.79 Å². The normalized spacial score (nSPS) is 18.6. The molecule has 0 aliphatic carbocycles. The first-order valence-electron chi connectivity index (χ1n) is 6.12. The number of carbonyl (C=O) groups is 1. The molecule has 1 atom stereocenters. The quantitative estimate of drug-likeness (QED) is 0.876. The lowest BCUT2D eigenvalue weighted by atomic mass is 10.2. The van der Waals surface area contributed by atoms with E-state index in [4.69, 9.17) is 4.74 Å². The van der Waals surface area contributed by atoms with Crippen molar-refractivity contribution in [3.8, 4) is 0 Å². The molecule has 0 saturated carbocycles. The van der Waals surface area contributed by atoms with Crippen molar-refractivity contribution in [1.82, 2.24) is 5.32 Å². The van der Waals surface area contributed by atoms with Gasteiger partial charge in [-0.15, -0.1) is 0 Å². The largest absolute Gasteiger partial charge is 0.376 e. The first-order chi connectivity index (χ1) is 8.75. The highest BCUT2D eigenvalue weighted by Crippen LogP contribution is 2.20. The predicted molar refractivity (Wildman–Crippen MR) is 74.6 cm³/mol. The van der Waals surface area contributed by atoms with Crippen molar-refractivity contribution in [2.24, 2.45) is 0 Å². The first kappa shape index (κ1) is 13.4. The van der Waals surface area contributed by atoms with Crippen molar-refractivity contribution in [2.75, 3.05) is 25.0 Å². The molecule has 1 unspecified atom stereocenters. The fraction of sp³-hybridized carbons (Fsp3) is 0.462. The zero-order valence-electron chi connectivity index (χ0n) is 10.1. The van der Waals surface area contributed by atoms with E-state index in [0.717, 1.165) is 29.6 Å². The van der Waals surface area contributed by atoms with Crippen molar-refractivity contribution in [2.45, 2.75) is 18.9 Å². The Morgan fingerprint density at radius 3 is 3.00 bits per heavy atom. The second-order valence-electron chi connectivity index (χ2n) is 4.27. The molecule has 0 bridgehead atoms. The number of hydrogen-bond donors (Lipinski definition) is 2. The van der Waals surface area contributed by atoms with Gasteiger partial charge in [-0.05, 0) is 40.9 Å². The van der Waals surface area contributed by atoms with Crippen LogP contribution in [0.1, 0.15) is 12.8 Å². The molecule has 1 fully saturated rings. The lowest BCUT2D eigenvalue weighted by molar-refractivity contribution is -0.119. The molecule has 0 spiro atoms. The molecule has 1 saturated heterocycles. The number of nitrogens with one attached hydrogen (secondary N) is 2. The van der Waals surface area contributed by atoms with Gasteiger partial charge in [-0.2, -0.15) is 0 Å². The molecule has 2 N–H and O–H groups in total. The topological polar surface area (TPSA) is 50.4 Å². The maximum atomic E-state index is 11.6. The summed E-state index contributed by atoms with van der Waals surface area (Å²) in [7, 11) is 0. The van der Waals surface area contributed by atoms with Crippen molar-refractivity contribution < 1.29 is 9.53 Å². The number of carbonyl (C=O) groups excluding carboxylic acids is 1. The first-order valence-corrected chi connectivity index (χ1v) is 6.91. The van der Waals surface area contributed by atoms with E-state index in [2.05, 4.69) is 26.6 Å². The Morgan fingerprint density at radius 2 is 2.28 bits per heavy atom. The van der Waals surface area contributed by atoms with Crippen molar-refractivity contribution in [1.29, 1.82) is 0 Å². The van der Waals surface area contributed by atoms with E-state index in [1.165, 1.54) is 0 Å². The number of ether oxygens (including phenoxy) is 1. The predicted octanol–water partition coefficient (Wildman–Crippen LogP) is 2.16. The van der Waals surface area contributed by atoms with Gasteiger partial charge in [-0.1, -0.05) is 12.1 Å². The summed E-state index contributed by atoms with van der Waals surface area (Å²) in [6.45, 7) is 1.70. The molecule has 0 aromatic heterocycles. The second kappa shape index (κ2) is 6.75. The number of rotatable bonds is 5. The van der Waals surface area contributed by atoms with Crippen LogP contribution in [0.15, 0.2) is 28.7 Å². The zero-order valence-corrected chi connectivity index (χ0v) is 11.7. The molecular weight excluding hydrogens is 296 g/mol. The lowest BCUT2D eigenvalue weighted by Crippen LogP contribution is -2.35. The third-order valence-corrected chi connectivity index (χ3v) is 3.56. The van der Waals surface area contributed by atoms with Crippen LogP contribution in [0.2, 0.25) is 0 Å². The van der Waals surface area contributed by atoms with Gasteiger partial charge in [-0.25, -0.2) is 0 Å². The average molecular weight is 313 g/mol. The number of amides is 1. The van der Waals surface area contributed by atoms with Crippen LogP contribution in [-0.4, -0.2) is 31.7 Å². The number of halogens is 1. The molecule has 1 amide bonds. The maximum absolute atomic E-state index is 11.6. The van der Waals surface area contributed by atoms with E-state index in [-0.39, 0.29) is 18.6 Å². The molecule has 1 heterocycles. The summed E-state index contributed by atoms with van der Waals surface area (Å²) in [6, 6.07) is 7.73. The van der Waals surface area contributed by atoms with Crippen LogP contribution in [0.4, 0.5) is 5.69 Å². The molecule has 0 radical (unpaired) electrons. The molecular formula is C13H17BrN2O2. The summed E-state index contributed by atoms with van der Waals surface area (Å²) in [5, 5.41) is 5.96. The Kier molecular flexibility index (Phi) is 5.01. The van der Waals surface area contributed by atoms with Gasteiger partial charge in [0.15, 0.2) is 0 Å². The minimum absolute atomic E-state index is 0.0127. The Labute approximate surface area is 115 Å². The van der Waals surface area contributed by atoms with Gasteiger partial charge in [0.05, 0.1) is 12.6 Å². The van der Waals surface area contributed by atoms with Crippen LogP contribution < -0.4 is 10.6 Å². The lowest BCUT2D eigenvalue weighted by Gasteiger charge is -2.12. The number of anilines is 1. The summed E-state index contributed by atoms with van der Waals surface area (Å²) < 4.78 is 6.40. The summed E-state index contributed by atoms with van der Waals surface area (Å²) >= 11 is 3.43. The van der Waals surface area contributed by atoms with E-state index in [0.29, 0.717) is 6.54 Å². The highest BCUT2D eigenvalue weighted by molar-refractivity contribution is 9.10. The van der Waals surface area contributed by atoms with Crippen LogP contribution in [0.25, 0.3) is 0 Å². The molecule has 4 nitrogen and oxygen atoms in total. The van der Waals surface area contributed by atoms with E-state index in [1.54, 1.807) is 0 Å². The van der Waals surface area contributed by atoms with Crippen LogP contribution in [0.5, 0.6) is 0 Å². The molecule has 1 aromatic carbocycles. The van der Waals surface area contributed by atoms with E-state index >= 15 is 0 Å². The van der Waals surface area contributed by atoms with Crippen LogP contribution in [0.3, 0.4) is 0 Å². The number of hydrogen-bond acceptors (Lipinski definition) is 3. The van der Waals surface area contributed by atoms with E-state index in [1.807, 2.05) is 24.3 Å². The Bertz CT molecular complexity index is 406. The fourth-order valence-electron chi connectivity index (χ4n) is 1.88. The standard InChI is InChI=1S/C13H17BrN2O2/c14-11-5-1-2-6-12(11)15-9-13(17)16-8-10-4-3-7-18-10/h1-2,5-6,10,15H,3-4,7-9H2,(H,16,17). The Hall–Kier alpha value is -1.07. The molecule has 1 aliphatic heterocycles. The second-order valence-corrected chi connectivity index (χ2v) is 5.13. The van der Waals surface area contributed by atoms with Crippen molar-refractivity contribution >= 4 is 27.5 Å². The minimum atomic E-state index is -0.0127. The van der Waals surface area contributed by atoms with Gasteiger partial charge in [0.25, 0.3) is 0 Å². The van der Waals surface area contributed by atoms with Gasteiger partial charge in [0.2, 0.25) is 5.91 Å². The Balaban J connectivity index is 1.69. The van der Waals surface area contributed by atoms with Gasteiger partial charge in [0.1, 0.15) is 0 Å². The molecule has 5 heteroatoms. The summed E-state index contributed by atoms with van der Waals surface area (Å²) in [5.41, 5.74) is 0.921. The summed E-state index contributed by atoms with van der Waals surface area (Å²) in [4.78, 5) is 11.6. The van der Waals surface area contributed by atoms with Crippen molar-refractivity contribution in [3.63, 3.8) is 0 Å². The SMILES string of the molecule is O=C(CNc1ccccc1Br)NCC1CCCO1. The van der Waals surface area contributed by atoms with E-state index in [9.17, 15) is 4.79 Å². The zero-order chi connectivity index (χ0) is 12.8. The van der Waals surface area contributed by atoms with E-state index < -0.39 is 0 Å². The molecule has 1 aromatic rings. The number of para-hydroxylation sites is 1. The van der Waals surface area contributed by atoms with Crippen LogP contribution in [-0.2, 0) is 9.53 Å². The summed E-state index contributed by atoms with van der Waals surface area (Å²) in [6.07, 6.45) is 2.32. The van der Waals surface area contributed by atoms with Crippen molar-refractivity contribution in [3.05, 3.63) is 28.7 Å². The monoisotopic (exact) mass is 312 g/mol. The highest BCUT2D eigenvalue weighted by Gasteiger charge is 2.15. The van der Waals surface area contributed by atoms with Gasteiger partial charge in [0, 0.05) is 23.3 Å².